The van der Waals surface area contributed by atoms with Crippen LogP contribution in [0.1, 0.15) is 27.5 Å². The van der Waals surface area contributed by atoms with Gasteiger partial charge in [-0.2, -0.15) is 0 Å². The van der Waals surface area contributed by atoms with Gasteiger partial charge in [0.1, 0.15) is 11.8 Å². The fourth-order valence-corrected chi connectivity index (χ4v) is 6.83. The number of halogens is 3. The minimum atomic E-state index is -0.889. The Hall–Kier alpha value is -3.13. The Morgan fingerprint density at radius 1 is 0.946 bits per heavy atom. The van der Waals surface area contributed by atoms with Gasteiger partial charge in [-0.1, -0.05) is 47.5 Å². The summed E-state index contributed by atoms with van der Waals surface area (Å²) >= 11 is 15.8. The van der Waals surface area contributed by atoms with Crippen LogP contribution in [-0.2, 0) is 9.59 Å². The van der Waals surface area contributed by atoms with E-state index in [-0.39, 0.29) is 11.7 Å². The third kappa shape index (κ3) is 3.71. The Morgan fingerprint density at radius 3 is 2.35 bits per heavy atom. The molecule has 9 heteroatoms. The summed E-state index contributed by atoms with van der Waals surface area (Å²) in [7, 11) is 1.54. The van der Waals surface area contributed by atoms with E-state index in [9.17, 15) is 14.4 Å². The molecule has 0 spiro atoms. The average molecular weight is 598 g/mol. The van der Waals surface area contributed by atoms with Gasteiger partial charge in [-0.25, -0.2) is 4.90 Å². The summed E-state index contributed by atoms with van der Waals surface area (Å²) in [5.41, 5.74) is 2.56. The van der Waals surface area contributed by atoms with Crippen LogP contribution >= 0.6 is 39.1 Å². The molecule has 3 aromatic rings. The minimum Gasteiger partial charge on any atom is -0.496 e. The van der Waals surface area contributed by atoms with Crippen LogP contribution in [-0.4, -0.2) is 35.6 Å². The summed E-state index contributed by atoms with van der Waals surface area (Å²) in [6.45, 7) is 0. The molecular weight excluding hydrogens is 579 g/mol. The lowest BCUT2D eigenvalue weighted by Crippen LogP contribution is -2.44. The smallest absolute Gasteiger partial charge is 0.240 e. The van der Waals surface area contributed by atoms with Gasteiger partial charge in [0, 0.05) is 21.8 Å². The second-order valence-electron chi connectivity index (χ2n) is 9.19. The summed E-state index contributed by atoms with van der Waals surface area (Å²) in [4.78, 5) is 45.0. The van der Waals surface area contributed by atoms with Crippen molar-refractivity contribution in [3.05, 3.63) is 98.1 Å². The first-order chi connectivity index (χ1) is 17.8. The van der Waals surface area contributed by atoms with Gasteiger partial charge in [0.15, 0.2) is 5.78 Å². The van der Waals surface area contributed by atoms with Crippen LogP contribution in [0.2, 0.25) is 10.0 Å². The van der Waals surface area contributed by atoms with E-state index in [1.807, 2.05) is 41.4 Å². The molecule has 3 aromatic carbocycles. The first kappa shape index (κ1) is 24.2. The van der Waals surface area contributed by atoms with E-state index in [1.165, 1.54) is 18.2 Å². The second-order valence-corrected chi connectivity index (χ2v) is 10.9. The molecule has 3 aliphatic rings. The first-order valence-corrected chi connectivity index (χ1v) is 13.1. The molecule has 0 radical (unpaired) electrons. The van der Waals surface area contributed by atoms with Crippen molar-refractivity contribution in [3.63, 3.8) is 0 Å². The topological polar surface area (TPSA) is 66.9 Å². The van der Waals surface area contributed by atoms with Crippen molar-refractivity contribution in [2.75, 3.05) is 12.0 Å². The fourth-order valence-electron chi connectivity index (χ4n) is 5.77. The van der Waals surface area contributed by atoms with E-state index in [4.69, 9.17) is 27.9 Å². The van der Waals surface area contributed by atoms with E-state index >= 15 is 0 Å². The number of hydrogen-bond acceptors (Lipinski definition) is 5. The van der Waals surface area contributed by atoms with Crippen LogP contribution < -0.4 is 9.64 Å². The van der Waals surface area contributed by atoms with Crippen LogP contribution in [0, 0.1) is 11.8 Å². The highest BCUT2D eigenvalue weighted by Crippen LogP contribution is 2.54. The number of hydrogen-bond donors (Lipinski definition) is 0. The molecule has 6 nitrogen and oxygen atoms in total. The van der Waals surface area contributed by atoms with E-state index in [2.05, 4.69) is 15.9 Å². The van der Waals surface area contributed by atoms with E-state index in [0.717, 1.165) is 16.0 Å². The van der Waals surface area contributed by atoms with Gasteiger partial charge in [0.2, 0.25) is 11.8 Å². The standard InChI is InChI=1S/C28H19BrCl2N2O4/c1-37-21-7-6-15(10-20(21)29)26(34)25-23-22(24-19-5-3-2-4-14(19)8-9-32(24)25)27(35)33(28(23)36)18-12-16(30)11-17(31)13-18/h2-13,22-25H,1H3/t22-,23+,24+,25+/m0/s1. The predicted octanol–water partition coefficient (Wildman–Crippen LogP) is 6.16. The number of benzene rings is 3. The van der Waals surface area contributed by atoms with Gasteiger partial charge in [0.25, 0.3) is 0 Å². The Kier molecular flexibility index (Phi) is 5.90. The SMILES string of the molecule is COc1ccc(C(=O)[C@H]2[C@@H]3C(=O)N(c4cc(Cl)cc(Cl)c4)C(=O)[C@@H]3[C@H]3c4ccccc4C=CN32)cc1Br. The van der Waals surface area contributed by atoms with Gasteiger partial charge < -0.3 is 9.64 Å². The number of fused-ring (bicyclic) bond motifs is 5. The molecule has 2 saturated heterocycles. The normalized spacial score (nSPS) is 23.7. The number of carbonyl (C=O) groups excluding carboxylic acids is 3. The van der Waals surface area contributed by atoms with Crippen LogP contribution in [0.5, 0.6) is 5.75 Å². The van der Waals surface area contributed by atoms with E-state index < -0.39 is 29.8 Å². The van der Waals surface area contributed by atoms with E-state index in [1.54, 1.807) is 25.3 Å². The summed E-state index contributed by atoms with van der Waals surface area (Å²) < 4.78 is 5.93. The largest absolute Gasteiger partial charge is 0.496 e. The molecule has 3 aliphatic heterocycles. The third-order valence-electron chi connectivity index (χ3n) is 7.27. The number of ketones is 1. The Labute approximate surface area is 231 Å². The van der Waals surface area contributed by atoms with Crippen LogP contribution in [0.25, 0.3) is 6.08 Å². The summed E-state index contributed by atoms with van der Waals surface area (Å²) in [6.07, 6.45) is 3.74. The zero-order chi connectivity index (χ0) is 26.0. The van der Waals surface area contributed by atoms with Crippen molar-refractivity contribution < 1.29 is 19.1 Å². The Morgan fingerprint density at radius 2 is 1.65 bits per heavy atom. The highest BCUT2D eigenvalue weighted by atomic mass is 79.9. The molecular formula is C28H19BrCl2N2O4. The van der Waals surface area contributed by atoms with Crippen molar-refractivity contribution in [3.8, 4) is 5.75 Å². The molecule has 4 atom stereocenters. The third-order valence-corrected chi connectivity index (χ3v) is 8.33. The zero-order valence-electron chi connectivity index (χ0n) is 19.4. The molecule has 6 rings (SSSR count). The summed E-state index contributed by atoms with van der Waals surface area (Å²) in [5, 5.41) is 0.617. The quantitative estimate of drug-likeness (QED) is 0.266. The molecule has 0 N–H and O–H groups in total. The predicted molar refractivity (Wildman–Crippen MR) is 145 cm³/mol. The number of methoxy groups -OCH3 is 1. The molecule has 37 heavy (non-hydrogen) atoms. The molecule has 0 saturated carbocycles. The molecule has 186 valence electrons. The zero-order valence-corrected chi connectivity index (χ0v) is 22.5. The molecule has 3 heterocycles. The molecule has 2 fully saturated rings. The van der Waals surface area contributed by atoms with Crippen molar-refractivity contribution in [1.29, 1.82) is 0 Å². The van der Waals surface area contributed by atoms with Crippen molar-refractivity contribution in [2.24, 2.45) is 11.8 Å². The fraction of sp³-hybridized carbons (Fsp3) is 0.179. The van der Waals surface area contributed by atoms with Gasteiger partial charge in [-0.05, 0) is 69.5 Å². The molecule has 0 bridgehead atoms. The van der Waals surface area contributed by atoms with Crippen molar-refractivity contribution in [1.82, 2.24) is 4.90 Å². The van der Waals surface area contributed by atoms with Crippen molar-refractivity contribution >= 4 is 68.5 Å². The Bertz CT molecular complexity index is 1500. The lowest BCUT2D eigenvalue weighted by molar-refractivity contribution is -0.123. The number of Topliss-reactive ketones (excluding diaryl/α,β-unsaturated/α-hetero) is 1. The average Bonchev–Trinajstić information content (AvgIpc) is 3.35. The first-order valence-electron chi connectivity index (χ1n) is 11.6. The highest BCUT2D eigenvalue weighted by Gasteiger charge is 2.64. The van der Waals surface area contributed by atoms with Crippen LogP contribution in [0.3, 0.4) is 0 Å². The number of amides is 2. The maximum atomic E-state index is 14.1. The van der Waals surface area contributed by atoms with Gasteiger partial charge in [-0.3, -0.25) is 14.4 Å². The molecule has 0 aliphatic carbocycles. The molecule has 2 amide bonds. The molecule has 0 unspecified atom stereocenters. The molecule has 0 aromatic heterocycles. The maximum absolute atomic E-state index is 14.1. The Balaban J connectivity index is 1.49. The van der Waals surface area contributed by atoms with Gasteiger partial charge in [0.05, 0.1) is 35.1 Å². The second kappa shape index (κ2) is 9.01. The van der Waals surface area contributed by atoms with Crippen LogP contribution in [0.15, 0.2) is 71.3 Å². The number of imide groups is 1. The number of ether oxygens (including phenoxy) is 1. The van der Waals surface area contributed by atoms with Gasteiger partial charge in [-0.15, -0.1) is 0 Å². The lowest BCUT2D eigenvalue weighted by Gasteiger charge is -2.35. The van der Waals surface area contributed by atoms with Gasteiger partial charge >= 0.3 is 0 Å². The number of anilines is 1. The maximum Gasteiger partial charge on any atom is 0.240 e. The summed E-state index contributed by atoms with van der Waals surface area (Å²) in [6, 6.07) is 16.0. The van der Waals surface area contributed by atoms with Crippen molar-refractivity contribution in [2.45, 2.75) is 12.1 Å². The van der Waals surface area contributed by atoms with E-state index in [0.29, 0.717) is 31.5 Å². The lowest BCUT2D eigenvalue weighted by atomic mass is 9.83. The highest BCUT2D eigenvalue weighted by molar-refractivity contribution is 9.10. The minimum absolute atomic E-state index is 0.253. The monoisotopic (exact) mass is 596 g/mol. The van der Waals surface area contributed by atoms with Crippen LogP contribution in [0.4, 0.5) is 5.69 Å². The number of nitrogens with zero attached hydrogens (tertiary/aromatic N) is 2. The number of carbonyl (C=O) groups is 3. The summed E-state index contributed by atoms with van der Waals surface area (Å²) in [5.74, 6) is -2.13. The number of rotatable bonds is 4.